The van der Waals surface area contributed by atoms with Crippen LogP contribution in [-0.4, -0.2) is 40.5 Å². The van der Waals surface area contributed by atoms with Gasteiger partial charge in [-0.15, -0.1) is 5.10 Å². The molecule has 198 valence electrons. The van der Waals surface area contributed by atoms with Gasteiger partial charge in [-0.2, -0.15) is 13.9 Å². The van der Waals surface area contributed by atoms with E-state index in [9.17, 15) is 18.7 Å². The van der Waals surface area contributed by atoms with Gasteiger partial charge in [0.2, 0.25) is 0 Å². The predicted molar refractivity (Wildman–Crippen MR) is 135 cm³/mol. The molecule has 1 aromatic heterocycles. The highest BCUT2D eigenvalue weighted by molar-refractivity contribution is 6.10. The Kier molecular flexibility index (Phi) is 6.49. The Morgan fingerprint density at radius 2 is 1.89 bits per heavy atom. The molecule has 1 aliphatic heterocycles. The lowest BCUT2D eigenvalue weighted by molar-refractivity contribution is -0.170. The number of nitrogens with one attached hydrogen (secondary N) is 1. The summed E-state index contributed by atoms with van der Waals surface area (Å²) in [6.07, 6.45) is 0. The van der Waals surface area contributed by atoms with E-state index in [0.29, 0.717) is 34.7 Å². The van der Waals surface area contributed by atoms with Crippen molar-refractivity contribution in [3.63, 3.8) is 0 Å². The van der Waals surface area contributed by atoms with Crippen molar-refractivity contribution >= 4 is 28.2 Å². The zero-order valence-corrected chi connectivity index (χ0v) is 21.9. The Morgan fingerprint density at radius 1 is 1.22 bits per heavy atom. The van der Waals surface area contributed by atoms with Crippen molar-refractivity contribution in [1.29, 1.82) is 0 Å². The fraction of sp³-hybridized carbons (Fsp3) is 0.444. The van der Waals surface area contributed by atoms with Gasteiger partial charge in [-0.1, -0.05) is 12.1 Å². The molecule has 1 unspecified atom stereocenters. The van der Waals surface area contributed by atoms with Crippen LogP contribution < -0.4 is 10.2 Å². The molecule has 0 aliphatic carbocycles. The van der Waals surface area contributed by atoms with Gasteiger partial charge < -0.3 is 20.1 Å². The Hall–Kier alpha value is -3.24. The molecule has 3 aromatic rings. The number of alkyl halides is 2. The number of methoxy groups -OCH3 is 1. The van der Waals surface area contributed by atoms with Crippen molar-refractivity contribution in [2.45, 2.75) is 64.7 Å². The van der Waals surface area contributed by atoms with E-state index in [2.05, 4.69) is 15.5 Å². The van der Waals surface area contributed by atoms with Gasteiger partial charge in [0.15, 0.2) is 11.4 Å². The van der Waals surface area contributed by atoms with Gasteiger partial charge in [0, 0.05) is 35.6 Å². The maximum Gasteiger partial charge on any atom is 0.303 e. The van der Waals surface area contributed by atoms with Gasteiger partial charge in [0.1, 0.15) is 11.4 Å². The minimum atomic E-state index is -3.81. The quantitative estimate of drug-likeness (QED) is 0.441. The minimum Gasteiger partial charge on any atom is -0.384 e. The van der Waals surface area contributed by atoms with Crippen LogP contribution in [0.4, 0.5) is 24.7 Å². The topological polar surface area (TPSA) is 87.6 Å². The third-order valence-electron chi connectivity index (χ3n) is 7.22. The van der Waals surface area contributed by atoms with E-state index in [4.69, 9.17) is 4.74 Å². The second-order valence-electron chi connectivity index (χ2n) is 10.0. The Bertz CT molecular complexity index is 1390. The lowest BCUT2D eigenvalue weighted by atomic mass is 9.91. The summed E-state index contributed by atoms with van der Waals surface area (Å²) in [7, 11) is 1.49. The summed E-state index contributed by atoms with van der Waals surface area (Å²) >= 11 is 0. The summed E-state index contributed by atoms with van der Waals surface area (Å²) in [4.78, 5) is 14.7. The Labute approximate surface area is 213 Å². The number of hydrogen-bond acceptors (Lipinski definition) is 6. The van der Waals surface area contributed by atoms with E-state index in [1.807, 2.05) is 19.1 Å². The minimum absolute atomic E-state index is 0.0181. The molecule has 0 radical (unpaired) electrons. The van der Waals surface area contributed by atoms with Gasteiger partial charge in [0.25, 0.3) is 5.91 Å². The SMILES string of the molecule is CCN1C(=O)C(C)(OC)c2cc3c(C)nnc(N[C@H](C)c4cccc(C(F)(F)C(C)(C)O)c4F)c3cc21. The molecular formula is C27H31F3N4O3. The average Bonchev–Trinajstić information content (AvgIpc) is 3.05. The molecule has 2 aromatic carbocycles. The first-order chi connectivity index (χ1) is 17.2. The molecule has 2 heterocycles. The van der Waals surface area contributed by atoms with E-state index >= 15 is 4.39 Å². The number of ether oxygens (including phenoxy) is 1. The fourth-order valence-electron chi connectivity index (χ4n) is 4.76. The number of fused-ring (bicyclic) bond motifs is 2. The maximum atomic E-state index is 15.3. The number of aliphatic hydroxyl groups is 1. The van der Waals surface area contributed by atoms with Crippen molar-refractivity contribution in [3.8, 4) is 0 Å². The molecule has 0 fully saturated rings. The molecule has 0 saturated heterocycles. The predicted octanol–water partition coefficient (Wildman–Crippen LogP) is 5.34. The Balaban J connectivity index is 1.81. The number of amides is 1. The summed E-state index contributed by atoms with van der Waals surface area (Å²) < 4.78 is 50.6. The highest BCUT2D eigenvalue weighted by Gasteiger charge is 2.49. The third kappa shape index (κ3) is 4.02. The van der Waals surface area contributed by atoms with Crippen LogP contribution in [0.2, 0.25) is 0 Å². The number of halogens is 3. The van der Waals surface area contributed by atoms with E-state index in [1.54, 1.807) is 25.7 Å². The molecule has 37 heavy (non-hydrogen) atoms. The van der Waals surface area contributed by atoms with Crippen LogP contribution in [0.15, 0.2) is 30.3 Å². The number of anilines is 2. The summed E-state index contributed by atoms with van der Waals surface area (Å²) in [6.45, 7) is 9.30. The molecule has 0 spiro atoms. The largest absolute Gasteiger partial charge is 0.384 e. The number of aryl methyl sites for hydroxylation is 1. The van der Waals surface area contributed by atoms with Crippen molar-refractivity contribution in [1.82, 2.24) is 10.2 Å². The highest BCUT2D eigenvalue weighted by atomic mass is 19.3. The van der Waals surface area contributed by atoms with E-state index in [0.717, 1.165) is 25.3 Å². The molecule has 4 rings (SSSR count). The van der Waals surface area contributed by atoms with Crippen LogP contribution >= 0.6 is 0 Å². The second-order valence-corrected chi connectivity index (χ2v) is 10.0. The van der Waals surface area contributed by atoms with Crippen molar-refractivity contribution in [2.24, 2.45) is 0 Å². The zero-order valence-electron chi connectivity index (χ0n) is 21.9. The molecule has 1 aliphatic rings. The molecule has 7 nitrogen and oxygen atoms in total. The first-order valence-electron chi connectivity index (χ1n) is 12.0. The number of likely N-dealkylation sites (N-methyl/N-ethyl adjacent to an activating group) is 1. The molecule has 2 N–H and O–H groups in total. The standard InChI is InChI=1S/C27H31F3N4O3/c1-8-34-21-13-18-17(12-20(21)26(6,37-7)24(34)35)15(3)32-33-23(18)31-14(2)16-10-9-11-19(22(16)28)27(29,30)25(4,5)36/h9-14,36H,8H2,1-7H3,(H,31,33)/t14-,26?/m1/s1. The van der Waals surface area contributed by atoms with Crippen LogP contribution in [-0.2, 0) is 21.1 Å². The van der Waals surface area contributed by atoms with E-state index < -0.39 is 34.5 Å². The molecule has 0 saturated carbocycles. The summed E-state index contributed by atoms with van der Waals surface area (Å²) in [5, 5.41) is 22.9. The molecule has 0 bridgehead atoms. The molecular weight excluding hydrogens is 485 g/mol. The third-order valence-corrected chi connectivity index (χ3v) is 7.22. The van der Waals surface area contributed by atoms with Crippen molar-refractivity contribution in [2.75, 3.05) is 23.9 Å². The number of nitrogens with zero attached hydrogens (tertiary/aromatic N) is 3. The number of carbonyl (C=O) groups excluding carboxylic acids is 1. The van der Waals surface area contributed by atoms with Gasteiger partial charge in [-0.05, 0) is 59.7 Å². The molecule has 1 amide bonds. The van der Waals surface area contributed by atoms with Crippen LogP contribution in [0.5, 0.6) is 0 Å². The van der Waals surface area contributed by atoms with Gasteiger partial charge in [-0.25, -0.2) is 4.39 Å². The molecule has 10 heteroatoms. The summed E-state index contributed by atoms with van der Waals surface area (Å²) in [5.74, 6) is -4.80. The van der Waals surface area contributed by atoms with E-state index in [-0.39, 0.29) is 11.5 Å². The van der Waals surface area contributed by atoms with Crippen LogP contribution in [0.3, 0.4) is 0 Å². The number of hydrogen-bond donors (Lipinski definition) is 2. The number of rotatable bonds is 7. The van der Waals surface area contributed by atoms with Crippen molar-refractivity contribution < 1.29 is 27.8 Å². The van der Waals surface area contributed by atoms with Crippen LogP contribution in [0, 0.1) is 12.7 Å². The van der Waals surface area contributed by atoms with Crippen LogP contribution in [0.1, 0.15) is 63.0 Å². The molecule has 2 atom stereocenters. The van der Waals surface area contributed by atoms with Gasteiger partial charge >= 0.3 is 5.92 Å². The average molecular weight is 517 g/mol. The van der Waals surface area contributed by atoms with Crippen LogP contribution in [0.25, 0.3) is 10.8 Å². The van der Waals surface area contributed by atoms with Gasteiger partial charge in [-0.3, -0.25) is 4.79 Å². The fourth-order valence-corrected chi connectivity index (χ4v) is 4.76. The Morgan fingerprint density at radius 3 is 2.49 bits per heavy atom. The number of carbonyl (C=O) groups is 1. The number of aromatic nitrogens is 2. The van der Waals surface area contributed by atoms with Crippen molar-refractivity contribution in [3.05, 3.63) is 58.5 Å². The normalized spacial score (nSPS) is 18.9. The first kappa shape index (κ1) is 26.8. The monoisotopic (exact) mass is 516 g/mol. The van der Waals surface area contributed by atoms with Gasteiger partial charge in [0.05, 0.1) is 23.0 Å². The zero-order chi connectivity index (χ0) is 27.5. The van der Waals surface area contributed by atoms with E-state index in [1.165, 1.54) is 19.2 Å². The smallest absolute Gasteiger partial charge is 0.303 e. The lowest BCUT2D eigenvalue weighted by Crippen LogP contribution is -2.41. The first-order valence-corrected chi connectivity index (χ1v) is 12.0. The summed E-state index contributed by atoms with van der Waals surface area (Å²) in [6, 6.07) is 6.60. The maximum absolute atomic E-state index is 15.3. The summed E-state index contributed by atoms with van der Waals surface area (Å²) in [5.41, 5.74) is -2.51. The highest BCUT2D eigenvalue weighted by Crippen LogP contribution is 2.46. The second kappa shape index (κ2) is 8.95. The number of benzene rings is 2. The lowest BCUT2D eigenvalue weighted by Gasteiger charge is -2.30.